The van der Waals surface area contributed by atoms with Crippen molar-refractivity contribution in [1.82, 2.24) is 5.32 Å². The number of nitriles is 1. The fourth-order valence-corrected chi connectivity index (χ4v) is 2.00. The first-order valence-corrected chi connectivity index (χ1v) is 7.54. The maximum Gasteiger partial charge on any atom is 0.387 e. The second-order valence-corrected chi connectivity index (χ2v) is 4.97. The standard InChI is InChI=1S/C16H17F2N3O6/c1-25-5-3-4-20-15(22)11(9-19)6-10-7-13(26-2)14(27-16(17)18)8-12(10)21(23)24/h6-8,16H,3-5H2,1-2H3,(H,20,22)/b11-6+. The minimum atomic E-state index is -3.22. The topological polar surface area (TPSA) is 124 Å². The second-order valence-electron chi connectivity index (χ2n) is 4.97. The molecule has 0 aliphatic rings. The summed E-state index contributed by atoms with van der Waals surface area (Å²) in [5.74, 6) is -1.50. The molecule has 0 saturated carbocycles. The summed E-state index contributed by atoms with van der Waals surface area (Å²) in [6.07, 6.45) is 1.48. The normalized spacial score (nSPS) is 11.0. The minimum Gasteiger partial charge on any atom is -0.493 e. The molecule has 1 aromatic carbocycles. The van der Waals surface area contributed by atoms with E-state index in [0.29, 0.717) is 13.0 Å². The number of ether oxygens (including phenoxy) is 3. The lowest BCUT2D eigenvalue weighted by molar-refractivity contribution is -0.385. The summed E-state index contributed by atoms with van der Waals surface area (Å²) in [6.45, 7) is -2.58. The number of benzene rings is 1. The molecule has 0 aliphatic carbocycles. The number of nitrogens with zero attached hydrogens (tertiary/aromatic N) is 2. The summed E-state index contributed by atoms with van der Waals surface area (Å²) in [7, 11) is 2.65. The number of alkyl halides is 2. The van der Waals surface area contributed by atoms with Crippen LogP contribution in [0.4, 0.5) is 14.5 Å². The van der Waals surface area contributed by atoms with Crippen molar-refractivity contribution in [2.24, 2.45) is 0 Å². The van der Waals surface area contributed by atoms with Crippen LogP contribution in [-0.2, 0) is 9.53 Å². The van der Waals surface area contributed by atoms with Crippen molar-refractivity contribution in [3.63, 3.8) is 0 Å². The summed E-state index contributed by atoms with van der Waals surface area (Å²) in [5, 5.41) is 22.9. The summed E-state index contributed by atoms with van der Waals surface area (Å²) in [4.78, 5) is 22.4. The van der Waals surface area contributed by atoms with E-state index in [0.717, 1.165) is 25.3 Å². The Bertz CT molecular complexity index is 761. The Hall–Kier alpha value is -3.26. The predicted octanol–water partition coefficient (Wildman–Crippen LogP) is 2.26. The molecule has 0 unspecified atom stereocenters. The first-order valence-electron chi connectivity index (χ1n) is 7.54. The van der Waals surface area contributed by atoms with Crippen molar-refractivity contribution in [3.05, 3.63) is 33.4 Å². The van der Waals surface area contributed by atoms with Crippen molar-refractivity contribution in [2.45, 2.75) is 13.0 Å². The van der Waals surface area contributed by atoms with Crippen molar-refractivity contribution in [2.75, 3.05) is 27.4 Å². The van der Waals surface area contributed by atoms with E-state index in [-0.39, 0.29) is 17.9 Å². The maximum atomic E-state index is 12.4. The average molecular weight is 385 g/mol. The molecule has 0 fully saturated rings. The lowest BCUT2D eigenvalue weighted by atomic mass is 10.1. The molecule has 0 radical (unpaired) electrons. The third kappa shape index (κ3) is 6.52. The molecule has 146 valence electrons. The summed E-state index contributed by atoms with van der Waals surface area (Å²) in [6, 6.07) is 3.42. The van der Waals surface area contributed by atoms with Crippen molar-refractivity contribution in [1.29, 1.82) is 5.26 Å². The third-order valence-electron chi connectivity index (χ3n) is 3.20. The summed E-state index contributed by atoms with van der Waals surface area (Å²) >= 11 is 0. The molecule has 27 heavy (non-hydrogen) atoms. The van der Waals surface area contributed by atoms with Gasteiger partial charge in [0, 0.05) is 20.3 Å². The number of rotatable bonds is 10. The van der Waals surface area contributed by atoms with Gasteiger partial charge in [-0.25, -0.2) is 0 Å². The molecule has 0 saturated heterocycles. The van der Waals surface area contributed by atoms with Crippen LogP contribution in [0.25, 0.3) is 6.08 Å². The van der Waals surface area contributed by atoms with E-state index in [4.69, 9.17) is 14.7 Å². The average Bonchev–Trinajstić information content (AvgIpc) is 2.62. The van der Waals surface area contributed by atoms with Crippen LogP contribution in [0.2, 0.25) is 0 Å². The molecule has 0 spiro atoms. The molecule has 0 bridgehead atoms. The lowest BCUT2D eigenvalue weighted by Gasteiger charge is -2.11. The zero-order valence-electron chi connectivity index (χ0n) is 14.5. The van der Waals surface area contributed by atoms with Gasteiger partial charge in [-0.05, 0) is 18.6 Å². The first-order chi connectivity index (χ1) is 12.8. The van der Waals surface area contributed by atoms with Gasteiger partial charge in [0.2, 0.25) is 0 Å². The molecular formula is C16H17F2N3O6. The zero-order chi connectivity index (χ0) is 20.4. The van der Waals surface area contributed by atoms with Crippen LogP contribution in [0.15, 0.2) is 17.7 Å². The zero-order valence-corrected chi connectivity index (χ0v) is 14.5. The van der Waals surface area contributed by atoms with E-state index in [2.05, 4.69) is 10.1 Å². The Balaban J connectivity index is 3.24. The molecule has 1 aromatic rings. The van der Waals surface area contributed by atoms with Crippen LogP contribution in [0, 0.1) is 21.4 Å². The summed E-state index contributed by atoms with van der Waals surface area (Å²) < 4.78 is 38.8. The van der Waals surface area contributed by atoms with Gasteiger partial charge in [-0.1, -0.05) is 0 Å². The number of carbonyl (C=O) groups is 1. The smallest absolute Gasteiger partial charge is 0.387 e. The van der Waals surface area contributed by atoms with E-state index >= 15 is 0 Å². The highest BCUT2D eigenvalue weighted by Crippen LogP contribution is 2.36. The molecular weight excluding hydrogens is 368 g/mol. The number of carbonyl (C=O) groups excluding carboxylic acids is 1. The number of hydrogen-bond acceptors (Lipinski definition) is 7. The van der Waals surface area contributed by atoms with Crippen LogP contribution in [0.1, 0.15) is 12.0 Å². The fraction of sp³-hybridized carbons (Fsp3) is 0.375. The van der Waals surface area contributed by atoms with Gasteiger partial charge in [0.05, 0.1) is 23.7 Å². The van der Waals surface area contributed by atoms with E-state index in [1.54, 1.807) is 6.07 Å². The van der Waals surface area contributed by atoms with Crippen LogP contribution < -0.4 is 14.8 Å². The van der Waals surface area contributed by atoms with Gasteiger partial charge in [-0.15, -0.1) is 0 Å². The SMILES string of the molecule is COCCCNC(=O)/C(C#N)=C/c1cc(OC)c(OC(F)F)cc1[N+](=O)[O-]. The van der Waals surface area contributed by atoms with E-state index in [9.17, 15) is 23.7 Å². The number of methoxy groups -OCH3 is 2. The molecule has 11 heteroatoms. The molecule has 0 aliphatic heterocycles. The van der Waals surface area contributed by atoms with Crippen LogP contribution in [0.3, 0.4) is 0 Å². The van der Waals surface area contributed by atoms with Crippen LogP contribution >= 0.6 is 0 Å². The number of nitro benzene ring substituents is 1. The Morgan fingerprint density at radius 2 is 2.11 bits per heavy atom. The van der Waals surface area contributed by atoms with Gasteiger partial charge in [0.1, 0.15) is 11.6 Å². The largest absolute Gasteiger partial charge is 0.493 e. The lowest BCUT2D eigenvalue weighted by Crippen LogP contribution is -2.26. The maximum absolute atomic E-state index is 12.4. The van der Waals surface area contributed by atoms with E-state index < -0.39 is 34.5 Å². The van der Waals surface area contributed by atoms with Gasteiger partial charge < -0.3 is 19.5 Å². The van der Waals surface area contributed by atoms with Crippen molar-refractivity contribution in [3.8, 4) is 17.6 Å². The molecule has 1 amide bonds. The number of nitro groups is 1. The van der Waals surface area contributed by atoms with Crippen molar-refractivity contribution < 1.29 is 32.7 Å². The first kappa shape index (κ1) is 21.8. The van der Waals surface area contributed by atoms with Gasteiger partial charge in [-0.2, -0.15) is 14.0 Å². The highest BCUT2D eigenvalue weighted by atomic mass is 19.3. The Kier molecular flexibility index (Phi) is 8.61. The molecule has 0 heterocycles. The number of amides is 1. The molecule has 0 aromatic heterocycles. The van der Waals surface area contributed by atoms with Gasteiger partial charge in [-0.3, -0.25) is 14.9 Å². The Morgan fingerprint density at radius 1 is 1.41 bits per heavy atom. The molecule has 9 nitrogen and oxygen atoms in total. The van der Waals surface area contributed by atoms with Gasteiger partial charge in [0.15, 0.2) is 11.5 Å². The number of halogens is 2. The second kappa shape index (κ2) is 10.7. The van der Waals surface area contributed by atoms with E-state index in [1.165, 1.54) is 7.11 Å². The molecule has 1 N–H and O–H groups in total. The van der Waals surface area contributed by atoms with Gasteiger partial charge in [0.25, 0.3) is 11.6 Å². The number of nitrogens with one attached hydrogen (secondary N) is 1. The summed E-state index contributed by atoms with van der Waals surface area (Å²) in [5.41, 5.74) is -1.21. The van der Waals surface area contributed by atoms with Crippen molar-refractivity contribution >= 4 is 17.7 Å². The Labute approximate surface area is 153 Å². The number of hydrogen-bond donors (Lipinski definition) is 1. The molecule has 0 atom stereocenters. The third-order valence-corrected chi connectivity index (χ3v) is 3.20. The minimum absolute atomic E-state index is 0.179. The monoisotopic (exact) mass is 385 g/mol. The van der Waals surface area contributed by atoms with Crippen LogP contribution in [-0.4, -0.2) is 44.8 Å². The van der Waals surface area contributed by atoms with Gasteiger partial charge >= 0.3 is 6.61 Å². The van der Waals surface area contributed by atoms with E-state index in [1.807, 2.05) is 0 Å². The quantitative estimate of drug-likeness (QED) is 0.215. The van der Waals surface area contributed by atoms with Crippen LogP contribution in [0.5, 0.6) is 11.5 Å². The highest BCUT2D eigenvalue weighted by molar-refractivity contribution is 6.02. The highest BCUT2D eigenvalue weighted by Gasteiger charge is 2.22. The fourth-order valence-electron chi connectivity index (χ4n) is 2.00. The predicted molar refractivity (Wildman–Crippen MR) is 89.4 cm³/mol. The Morgan fingerprint density at radius 3 is 2.63 bits per heavy atom. The molecule has 1 rings (SSSR count).